The van der Waals surface area contributed by atoms with Gasteiger partial charge < -0.3 is 14.8 Å². The third-order valence-electron chi connectivity index (χ3n) is 7.28. The second-order valence-corrected chi connectivity index (χ2v) is 10.9. The Kier molecular flexibility index (Phi) is 6.18. The van der Waals surface area contributed by atoms with Crippen LogP contribution in [-0.2, 0) is 21.3 Å². The van der Waals surface area contributed by atoms with Crippen molar-refractivity contribution in [3.05, 3.63) is 50.9 Å². The van der Waals surface area contributed by atoms with Crippen molar-refractivity contribution in [1.82, 2.24) is 10.3 Å². The molecule has 162 valence electrons. The first kappa shape index (κ1) is 20.9. The van der Waals surface area contributed by atoms with Crippen molar-refractivity contribution in [2.45, 2.75) is 68.5 Å². The minimum absolute atomic E-state index is 0.0743. The van der Waals surface area contributed by atoms with Gasteiger partial charge in [0.05, 0.1) is 16.5 Å². The molecule has 2 aromatic heterocycles. The zero-order valence-corrected chi connectivity index (χ0v) is 19.1. The molecule has 3 aliphatic rings. The fourth-order valence-electron chi connectivity index (χ4n) is 5.77. The van der Waals surface area contributed by atoms with Gasteiger partial charge in [-0.2, -0.15) is 0 Å². The smallest absolute Gasteiger partial charge is 0.104 e. The Balaban J connectivity index is 1.26. The van der Waals surface area contributed by atoms with Crippen molar-refractivity contribution in [2.24, 2.45) is 0 Å². The van der Waals surface area contributed by atoms with Crippen molar-refractivity contribution < 1.29 is 9.47 Å². The number of aromatic nitrogens is 1. The van der Waals surface area contributed by atoms with Crippen molar-refractivity contribution in [2.75, 3.05) is 26.3 Å². The van der Waals surface area contributed by atoms with E-state index >= 15 is 0 Å². The molecule has 1 spiro atoms. The topological polar surface area (TPSA) is 43.4 Å². The number of rotatable bonds is 6. The molecule has 4 nitrogen and oxygen atoms in total. The maximum absolute atomic E-state index is 6.37. The molecule has 2 fully saturated rings. The summed E-state index contributed by atoms with van der Waals surface area (Å²) in [6.45, 7) is 3.42. The fraction of sp³-hybridized carbons (Fsp3) is 0.625. The van der Waals surface area contributed by atoms with Crippen LogP contribution in [0.25, 0.3) is 0 Å². The predicted molar refractivity (Wildman–Crippen MR) is 122 cm³/mol. The normalized spacial score (nSPS) is 28.0. The van der Waals surface area contributed by atoms with Crippen LogP contribution in [0, 0.1) is 0 Å². The predicted octanol–water partition coefficient (Wildman–Crippen LogP) is 5.45. The van der Waals surface area contributed by atoms with E-state index in [2.05, 4.69) is 23.5 Å². The Bertz CT molecular complexity index is 852. The van der Waals surface area contributed by atoms with Crippen LogP contribution in [-0.4, -0.2) is 36.9 Å². The highest BCUT2D eigenvalue weighted by Gasteiger charge is 2.48. The maximum atomic E-state index is 6.37. The van der Waals surface area contributed by atoms with E-state index in [0.29, 0.717) is 0 Å². The first-order chi connectivity index (χ1) is 14.7. The van der Waals surface area contributed by atoms with Gasteiger partial charge in [0.1, 0.15) is 6.10 Å². The second-order valence-electron chi connectivity index (χ2n) is 9.16. The fourth-order valence-corrected chi connectivity index (χ4v) is 7.14. The van der Waals surface area contributed by atoms with Crippen molar-refractivity contribution in [1.29, 1.82) is 0 Å². The van der Waals surface area contributed by atoms with Gasteiger partial charge in [0.25, 0.3) is 0 Å². The van der Waals surface area contributed by atoms with E-state index in [4.69, 9.17) is 26.1 Å². The number of ether oxygens (including phenoxy) is 2. The number of halogens is 1. The number of nitrogens with zero attached hydrogens (tertiary/aromatic N) is 1. The quantitative estimate of drug-likeness (QED) is 0.599. The van der Waals surface area contributed by atoms with Gasteiger partial charge in [-0.1, -0.05) is 30.5 Å². The Morgan fingerprint density at radius 2 is 2.10 bits per heavy atom. The molecule has 1 aliphatic carbocycles. The van der Waals surface area contributed by atoms with E-state index < -0.39 is 0 Å². The molecule has 2 aromatic rings. The second kappa shape index (κ2) is 8.87. The largest absolute Gasteiger partial charge is 0.375 e. The summed E-state index contributed by atoms with van der Waals surface area (Å²) >= 11 is 7.92. The molecule has 2 atom stereocenters. The molecule has 0 bridgehead atoms. The molecule has 5 rings (SSSR count). The Morgan fingerprint density at radius 1 is 1.20 bits per heavy atom. The van der Waals surface area contributed by atoms with Crippen LogP contribution in [0.2, 0.25) is 4.34 Å². The van der Waals surface area contributed by atoms with Crippen molar-refractivity contribution in [3.63, 3.8) is 0 Å². The summed E-state index contributed by atoms with van der Waals surface area (Å²) in [7, 11) is 0. The summed E-state index contributed by atoms with van der Waals surface area (Å²) in [5, 5.41) is 3.70. The van der Waals surface area contributed by atoms with Gasteiger partial charge in [0, 0.05) is 35.3 Å². The summed E-state index contributed by atoms with van der Waals surface area (Å²) in [5.74, 6) is 0. The molecular formula is C24H31ClN2O2S. The third-order valence-corrected chi connectivity index (χ3v) is 8.68. The molecule has 0 aromatic carbocycles. The summed E-state index contributed by atoms with van der Waals surface area (Å²) < 4.78 is 13.3. The van der Waals surface area contributed by atoms with E-state index in [1.807, 2.05) is 12.3 Å². The first-order valence-corrected chi connectivity index (χ1v) is 12.5. The Labute approximate surface area is 188 Å². The molecule has 1 N–H and O–H groups in total. The maximum Gasteiger partial charge on any atom is 0.104 e. The minimum atomic E-state index is 0.0743. The SMILES string of the molecule is Clc1cc2c(s1)C(CNCC[C@@]1(c3ccccn3)CCOC3(CCCC3)C1)OCC2. The highest BCUT2D eigenvalue weighted by Crippen LogP contribution is 2.49. The Morgan fingerprint density at radius 3 is 2.93 bits per heavy atom. The number of nitrogens with one attached hydrogen (secondary N) is 1. The first-order valence-electron chi connectivity index (χ1n) is 11.3. The minimum Gasteiger partial charge on any atom is -0.375 e. The standard InChI is InChI=1S/C24H31ClN2O2S/c25-21-15-18-6-13-28-19(22(18)30-21)16-26-12-9-23(20-5-1-4-11-27-20)10-14-29-24(17-23)7-2-3-8-24/h1,4-5,11,15,19,26H,2-3,6-10,12-14,16-17H2/t19?,23-/m1/s1. The van der Waals surface area contributed by atoms with E-state index in [0.717, 1.165) is 56.3 Å². The van der Waals surface area contributed by atoms with Crippen LogP contribution >= 0.6 is 22.9 Å². The van der Waals surface area contributed by atoms with Crippen LogP contribution in [0.15, 0.2) is 30.5 Å². The summed E-state index contributed by atoms with van der Waals surface area (Å²) in [4.78, 5) is 6.11. The number of fused-ring (bicyclic) bond motifs is 1. The van der Waals surface area contributed by atoms with Crippen molar-refractivity contribution in [3.8, 4) is 0 Å². The van der Waals surface area contributed by atoms with Crippen LogP contribution in [0.4, 0.5) is 0 Å². The molecule has 6 heteroatoms. The molecule has 1 saturated heterocycles. The average Bonchev–Trinajstić information content (AvgIpc) is 3.38. The Hall–Kier alpha value is -0.980. The zero-order valence-electron chi connectivity index (χ0n) is 17.5. The lowest BCUT2D eigenvalue weighted by atomic mass is 9.68. The van der Waals surface area contributed by atoms with Gasteiger partial charge >= 0.3 is 0 Å². The average molecular weight is 447 g/mol. The molecule has 0 amide bonds. The number of hydrogen-bond acceptors (Lipinski definition) is 5. The van der Waals surface area contributed by atoms with E-state index in [1.54, 1.807) is 11.3 Å². The lowest BCUT2D eigenvalue weighted by Crippen LogP contribution is -2.47. The van der Waals surface area contributed by atoms with E-state index in [-0.39, 0.29) is 17.1 Å². The summed E-state index contributed by atoms with van der Waals surface area (Å²) in [6.07, 6.45) is 11.3. The molecule has 0 radical (unpaired) electrons. The molecular weight excluding hydrogens is 416 g/mol. The number of thiophene rings is 1. The zero-order chi connectivity index (χ0) is 20.4. The van der Waals surface area contributed by atoms with Gasteiger partial charge in [-0.25, -0.2) is 0 Å². The lowest BCUT2D eigenvalue weighted by Gasteiger charge is -2.46. The van der Waals surface area contributed by atoms with Crippen LogP contribution in [0.1, 0.15) is 67.2 Å². The molecule has 1 unspecified atom stereocenters. The van der Waals surface area contributed by atoms with Gasteiger partial charge in [-0.05, 0) is 68.8 Å². The van der Waals surface area contributed by atoms with Crippen LogP contribution < -0.4 is 5.32 Å². The highest BCUT2D eigenvalue weighted by molar-refractivity contribution is 7.16. The van der Waals surface area contributed by atoms with Gasteiger partial charge in [-0.3, -0.25) is 4.98 Å². The molecule has 4 heterocycles. The number of pyridine rings is 1. The summed E-state index contributed by atoms with van der Waals surface area (Å²) in [5.41, 5.74) is 2.77. The highest BCUT2D eigenvalue weighted by atomic mass is 35.5. The molecule has 30 heavy (non-hydrogen) atoms. The van der Waals surface area contributed by atoms with E-state index in [9.17, 15) is 0 Å². The lowest BCUT2D eigenvalue weighted by molar-refractivity contribution is -0.104. The van der Waals surface area contributed by atoms with Crippen LogP contribution in [0.5, 0.6) is 0 Å². The monoisotopic (exact) mass is 446 g/mol. The number of hydrogen-bond donors (Lipinski definition) is 1. The van der Waals surface area contributed by atoms with Crippen LogP contribution in [0.3, 0.4) is 0 Å². The third kappa shape index (κ3) is 4.20. The van der Waals surface area contributed by atoms with E-state index in [1.165, 1.54) is 41.8 Å². The molecule has 1 saturated carbocycles. The van der Waals surface area contributed by atoms with Gasteiger partial charge in [0.2, 0.25) is 0 Å². The van der Waals surface area contributed by atoms with Crippen molar-refractivity contribution >= 4 is 22.9 Å². The summed E-state index contributed by atoms with van der Waals surface area (Å²) in [6, 6.07) is 8.48. The molecule has 2 aliphatic heterocycles. The van der Waals surface area contributed by atoms with Gasteiger partial charge in [0.15, 0.2) is 0 Å². The van der Waals surface area contributed by atoms with Gasteiger partial charge in [-0.15, -0.1) is 11.3 Å².